The van der Waals surface area contributed by atoms with Gasteiger partial charge in [0.15, 0.2) is 90.4 Å². The Kier molecular flexibility index (Phi) is 19.1. The normalized spacial score (nSPS) is 12.3. The van der Waals surface area contributed by atoms with E-state index in [-0.39, 0.29) is 0 Å². The van der Waals surface area contributed by atoms with Crippen LogP contribution in [0.25, 0.3) is 86.0 Å². The van der Waals surface area contributed by atoms with Gasteiger partial charge in [0.2, 0.25) is 0 Å². The average molecular weight is 1640 g/mol. The van der Waals surface area contributed by atoms with E-state index in [1.165, 1.54) is 15.5 Å². The van der Waals surface area contributed by atoms with Gasteiger partial charge in [-0.2, -0.15) is 0 Å². The largest absolute Gasteiger partial charge is 0.449 e. The summed E-state index contributed by atoms with van der Waals surface area (Å²) >= 11 is 1.74. The molecule has 0 amide bonds. The van der Waals surface area contributed by atoms with Crippen LogP contribution < -0.4 is 76.3 Å². The third-order valence-electron chi connectivity index (χ3n) is 22.3. The predicted molar refractivity (Wildman–Crippen MR) is 495 cm³/mol. The summed E-state index contributed by atoms with van der Waals surface area (Å²) in [5.41, 5.74) is 6.13. The predicted octanol–water partition coefficient (Wildman–Crippen LogP) is 25.3. The van der Waals surface area contributed by atoms with Crippen LogP contribution in [0.1, 0.15) is 0 Å². The quantitative estimate of drug-likeness (QED) is 0.108. The van der Waals surface area contributed by atoms with Crippen LogP contribution in [0.5, 0.6) is 69.0 Å². The molecule has 17 aromatic carbocycles. The van der Waals surface area contributed by atoms with Crippen LogP contribution in [-0.2, 0) is 13.7 Å². The Bertz CT molecular complexity index is 7190. The molecule has 3 aliphatic rings. The Morgan fingerprint density at radius 2 is 0.545 bits per heavy atom. The molecule has 0 N–H and O–H groups in total. The number of ether oxygens (including phenoxy) is 6. The Hall–Kier alpha value is -14.5. The van der Waals surface area contributed by atoms with E-state index in [0.29, 0.717) is 68.2 Å². The summed E-state index contributed by atoms with van der Waals surface area (Å²) in [5.74, 6) is 8.22. The molecule has 0 bridgehead atoms. The topological polar surface area (TPSA) is 132 Å². The Morgan fingerprint density at radius 1 is 0.215 bits per heavy atom. The molecule has 0 atom stereocenters. The smallest absolute Gasteiger partial charge is 0.188 e. The first-order valence-corrected chi connectivity index (χ1v) is 45.6. The molecule has 0 unspecified atom stereocenters. The van der Waals surface area contributed by atoms with Crippen molar-refractivity contribution in [1.82, 2.24) is 9.97 Å². The van der Waals surface area contributed by atoms with E-state index in [2.05, 4.69) is 77.8 Å². The van der Waals surface area contributed by atoms with Gasteiger partial charge in [-0.05, 0) is 118 Å². The van der Waals surface area contributed by atoms with Crippen molar-refractivity contribution in [3.63, 3.8) is 0 Å². The summed E-state index contributed by atoms with van der Waals surface area (Å²) in [7, 11) is -9.45. The van der Waals surface area contributed by atoms with Gasteiger partial charge in [-0.3, -0.25) is 4.98 Å². The van der Waals surface area contributed by atoms with Gasteiger partial charge in [0, 0.05) is 102 Å². The SMILES string of the molecule is O=P(c1ccccc1)(c1ccccc1)c1ccc2c(c1)sc1cc(-c3cc4c(c5ccccc35)Oc3ccccc3O4)ccc12.O=P(c1ccccc1)(c1ccccc1)c1cccc(-c2cc3c(c4ccccc24)Oc2ccccc2O3)n1.O=P(c1ccccc1)(c1ccccc1)c1cncc(-c2cc3c(c4ccccc24)Oc2ccccc2O3)c1. The number of fused-ring (bicyclic) bond motifs is 15. The molecule has 15 heteroatoms. The minimum absolute atomic E-state index is 0.539. The summed E-state index contributed by atoms with van der Waals surface area (Å²) in [4.78, 5) is 9.64. The van der Waals surface area contributed by atoms with Crippen LogP contribution in [0.3, 0.4) is 0 Å². The fourth-order valence-electron chi connectivity index (χ4n) is 16.5. The monoisotopic (exact) mass is 1640 g/mol. The lowest BCUT2D eigenvalue weighted by Crippen LogP contribution is -2.27. The Morgan fingerprint density at radius 3 is 0.967 bits per heavy atom. The molecule has 121 heavy (non-hydrogen) atoms. The highest BCUT2D eigenvalue weighted by Crippen LogP contribution is 2.56. The first kappa shape index (κ1) is 74.1. The van der Waals surface area contributed by atoms with Crippen molar-refractivity contribution in [2.75, 3.05) is 0 Å². The summed E-state index contributed by atoms with van der Waals surface area (Å²) in [6.45, 7) is 0. The van der Waals surface area contributed by atoms with Crippen LogP contribution >= 0.6 is 32.8 Å². The van der Waals surface area contributed by atoms with Crippen molar-refractivity contribution < 1.29 is 42.1 Å². The first-order valence-electron chi connectivity index (χ1n) is 39.7. The van der Waals surface area contributed by atoms with E-state index in [9.17, 15) is 9.13 Å². The van der Waals surface area contributed by atoms with Gasteiger partial charge in [-0.25, -0.2) is 4.98 Å². The molecule has 0 saturated heterocycles. The van der Waals surface area contributed by atoms with Crippen LogP contribution in [-0.4, -0.2) is 9.97 Å². The van der Waals surface area contributed by atoms with Crippen molar-refractivity contribution >= 4 is 133 Å². The highest BCUT2D eigenvalue weighted by Gasteiger charge is 2.36. The summed E-state index contributed by atoms with van der Waals surface area (Å²) in [5, 5.41) is 14.6. The van der Waals surface area contributed by atoms with Crippen molar-refractivity contribution in [2.24, 2.45) is 0 Å². The molecular weight excluding hydrogens is 1570 g/mol. The van der Waals surface area contributed by atoms with E-state index in [4.69, 9.17) is 33.4 Å². The fraction of sp³-hybridized carbons (Fsp3) is 0. The second kappa shape index (κ2) is 31.1. The second-order valence-corrected chi connectivity index (χ2v) is 38.8. The third-order valence-corrected chi connectivity index (χ3v) is 32.4. The molecule has 6 heterocycles. The van der Waals surface area contributed by atoms with Crippen molar-refractivity contribution in [1.29, 1.82) is 0 Å². The number of aromatic nitrogens is 2. The molecule has 20 aromatic rings. The third kappa shape index (κ3) is 13.3. The number of hydrogen-bond donors (Lipinski definition) is 0. The minimum Gasteiger partial charge on any atom is -0.449 e. The van der Waals surface area contributed by atoms with E-state index in [0.717, 1.165) is 119 Å². The Labute approximate surface area is 701 Å². The molecule has 0 fully saturated rings. The lowest BCUT2D eigenvalue weighted by atomic mass is 9.96. The van der Waals surface area contributed by atoms with E-state index in [1.54, 1.807) is 17.5 Å². The van der Waals surface area contributed by atoms with Gasteiger partial charge in [0.05, 0.1) is 5.69 Å². The fourth-order valence-corrected chi connectivity index (χ4v) is 25.6. The molecule has 11 nitrogen and oxygen atoms in total. The van der Waals surface area contributed by atoms with E-state index >= 15 is 4.57 Å². The Balaban J connectivity index is 0.000000113. The molecule has 578 valence electrons. The average Bonchev–Trinajstić information content (AvgIpc) is 1.72. The maximum atomic E-state index is 15.0. The molecule has 0 aliphatic carbocycles. The summed E-state index contributed by atoms with van der Waals surface area (Å²) in [6.07, 6.45) is 3.54. The first-order chi connectivity index (χ1) is 59.6. The van der Waals surface area contributed by atoms with E-state index < -0.39 is 21.4 Å². The maximum Gasteiger partial charge on any atom is 0.188 e. The number of hydrogen-bond acceptors (Lipinski definition) is 12. The lowest BCUT2D eigenvalue weighted by Gasteiger charge is -2.24. The minimum atomic E-state index is -3.22. The zero-order valence-electron chi connectivity index (χ0n) is 64.7. The number of para-hydroxylation sites is 6. The van der Waals surface area contributed by atoms with Gasteiger partial charge >= 0.3 is 0 Å². The summed E-state index contributed by atoms with van der Waals surface area (Å²) < 4.78 is 85.0. The highest BCUT2D eigenvalue weighted by atomic mass is 32.1. The van der Waals surface area contributed by atoms with E-state index in [1.807, 2.05) is 340 Å². The zero-order valence-corrected chi connectivity index (χ0v) is 68.2. The molecule has 0 radical (unpaired) electrons. The lowest BCUT2D eigenvalue weighted by molar-refractivity contribution is 0.363. The number of nitrogens with zero attached hydrogens (tertiary/aromatic N) is 2. The van der Waals surface area contributed by atoms with Gasteiger partial charge < -0.3 is 42.1 Å². The molecule has 3 aromatic heterocycles. The van der Waals surface area contributed by atoms with Crippen molar-refractivity contribution in [3.8, 4) is 103 Å². The van der Waals surface area contributed by atoms with Crippen LogP contribution in [0, 0.1) is 0 Å². The van der Waals surface area contributed by atoms with Crippen LogP contribution in [0.4, 0.5) is 0 Å². The summed E-state index contributed by atoms with van der Waals surface area (Å²) in [6, 6.07) is 132. The van der Waals surface area contributed by atoms with Crippen molar-refractivity contribution in [2.45, 2.75) is 0 Å². The van der Waals surface area contributed by atoms with Gasteiger partial charge in [0.1, 0.15) is 5.44 Å². The van der Waals surface area contributed by atoms with Crippen LogP contribution in [0.15, 0.2) is 419 Å². The standard InChI is InChI=1S/C40H25O3PS.2C33H22NO3P/c41-44(27-11-3-1-4-12-27,28-13-5-2-6-14-28)29-20-22-32-31-21-19-26(23-38(31)45-39(32)24-29)34-25-37-40(33-16-8-7-15-30(33)34)43-36-18-10-9-17-35(36)42-37;35-38(23-12-3-1-4-13-23,24-14-5-2-6-15-24)32-21-11-18-28(34-32)27-22-31-33(26-17-8-7-16-25(26)27)37-30-20-10-9-19-29(30)36-31;35-38(24-11-3-1-4-12-24,25-13-5-2-6-14-25)26-19-23(21-34-22-26)29-20-32-33(28-16-8-7-15-27(28)29)37-31-18-10-9-17-30(31)36-32/h1-25H;2*1-22H. The zero-order chi connectivity index (χ0) is 81.0. The van der Waals surface area contributed by atoms with Crippen molar-refractivity contribution in [3.05, 3.63) is 419 Å². The number of rotatable bonds is 12. The number of benzene rings is 17. The molecular formula is C106H69N2O9P3S. The highest BCUT2D eigenvalue weighted by molar-refractivity contribution is 7.86. The molecule has 0 saturated carbocycles. The van der Waals surface area contributed by atoms with Gasteiger partial charge in [-0.15, -0.1) is 11.3 Å². The maximum absolute atomic E-state index is 15.0. The molecule has 23 rings (SSSR count). The number of pyridine rings is 2. The number of thiophene rings is 1. The molecule has 3 aliphatic heterocycles. The molecule has 0 spiro atoms. The second-order valence-electron chi connectivity index (χ2n) is 29.5. The van der Waals surface area contributed by atoms with Crippen LogP contribution in [0.2, 0.25) is 0 Å². The van der Waals surface area contributed by atoms with Gasteiger partial charge in [0.25, 0.3) is 0 Å². The van der Waals surface area contributed by atoms with Gasteiger partial charge in [-0.1, -0.05) is 322 Å².